The van der Waals surface area contributed by atoms with Gasteiger partial charge in [0, 0.05) is 46.0 Å². The fourth-order valence-electron chi connectivity index (χ4n) is 2.42. The Morgan fingerprint density at radius 2 is 2.10 bits per heavy atom. The number of carbonyl (C=O) groups is 1. The molecular weight excluding hydrogens is 285 g/mol. The van der Waals surface area contributed by atoms with Crippen LogP contribution < -0.4 is 10.6 Å². The molecule has 2 N–H and O–H groups in total. The van der Waals surface area contributed by atoms with Crippen LogP contribution in [0.4, 0.5) is 13.2 Å². The molecule has 0 aromatic carbocycles. The number of nitrogens with one attached hydrogen (secondary N) is 2. The van der Waals surface area contributed by atoms with Crippen molar-refractivity contribution < 1.29 is 18.0 Å². The van der Waals surface area contributed by atoms with Gasteiger partial charge < -0.3 is 15.2 Å². The van der Waals surface area contributed by atoms with Crippen molar-refractivity contribution in [1.82, 2.24) is 20.1 Å². The van der Waals surface area contributed by atoms with E-state index >= 15 is 0 Å². The van der Waals surface area contributed by atoms with Crippen LogP contribution in [0.2, 0.25) is 0 Å². The van der Waals surface area contributed by atoms with E-state index in [9.17, 15) is 18.0 Å². The normalized spacial score (nSPS) is 18.5. The lowest BCUT2D eigenvalue weighted by Crippen LogP contribution is -2.57. The highest BCUT2D eigenvalue weighted by Crippen LogP contribution is 2.24. The first-order chi connectivity index (χ1) is 9.89. The maximum absolute atomic E-state index is 13.2. The summed E-state index contributed by atoms with van der Waals surface area (Å²) in [5, 5.41) is 5.40. The number of halogens is 3. The van der Waals surface area contributed by atoms with E-state index < -0.39 is 24.7 Å². The number of amides is 1. The Morgan fingerprint density at radius 3 is 2.62 bits per heavy atom. The number of aromatic nitrogens is 1. The number of hydrogen-bond acceptors (Lipinski definition) is 3. The van der Waals surface area contributed by atoms with E-state index in [0.29, 0.717) is 31.9 Å². The maximum Gasteiger partial charge on any atom is 0.405 e. The fourth-order valence-corrected chi connectivity index (χ4v) is 2.42. The van der Waals surface area contributed by atoms with E-state index in [4.69, 9.17) is 0 Å². The predicted octanol–water partition coefficient (Wildman–Crippen LogP) is 0.591. The van der Waals surface area contributed by atoms with Crippen molar-refractivity contribution >= 4 is 5.91 Å². The highest BCUT2D eigenvalue weighted by Gasteiger charge is 2.43. The minimum absolute atomic E-state index is 0.324. The first kappa shape index (κ1) is 15.8. The molecule has 1 fully saturated rings. The highest BCUT2D eigenvalue weighted by molar-refractivity contribution is 5.92. The largest absolute Gasteiger partial charge is 0.405 e. The smallest absolute Gasteiger partial charge is 0.349 e. The van der Waals surface area contributed by atoms with Gasteiger partial charge in [-0.25, -0.2) is 0 Å². The standard InChI is InChI=1S/C13H19F3N4O/c1-19-6-2-3-10(19)12(21)18-9-11(13(14,15)16)20-7-4-17-5-8-20/h2-3,6,11,17H,4-5,7-9H2,1H3,(H,18,21). The number of nitrogens with zero attached hydrogens (tertiary/aromatic N) is 2. The van der Waals surface area contributed by atoms with Crippen LogP contribution in [-0.4, -0.2) is 60.3 Å². The van der Waals surface area contributed by atoms with Crippen LogP contribution in [-0.2, 0) is 7.05 Å². The third-order valence-corrected chi connectivity index (χ3v) is 3.60. The molecule has 8 heteroatoms. The highest BCUT2D eigenvalue weighted by atomic mass is 19.4. The number of rotatable bonds is 4. The minimum atomic E-state index is -4.36. The van der Waals surface area contributed by atoms with Crippen LogP contribution in [0.5, 0.6) is 0 Å². The second kappa shape index (κ2) is 6.48. The van der Waals surface area contributed by atoms with E-state index in [1.807, 2.05) is 0 Å². The summed E-state index contributed by atoms with van der Waals surface area (Å²) in [6.07, 6.45) is -2.69. The molecule has 1 saturated heterocycles. The van der Waals surface area contributed by atoms with Crippen molar-refractivity contribution in [2.45, 2.75) is 12.2 Å². The Morgan fingerprint density at radius 1 is 1.43 bits per heavy atom. The number of alkyl halides is 3. The maximum atomic E-state index is 13.2. The van der Waals surface area contributed by atoms with Gasteiger partial charge in [0.05, 0.1) is 0 Å². The Kier molecular flexibility index (Phi) is 4.89. The van der Waals surface area contributed by atoms with Gasteiger partial charge in [0.2, 0.25) is 0 Å². The van der Waals surface area contributed by atoms with Crippen molar-refractivity contribution in [3.8, 4) is 0 Å². The second-order valence-corrected chi connectivity index (χ2v) is 5.06. The van der Waals surface area contributed by atoms with Gasteiger partial charge in [-0.2, -0.15) is 13.2 Å². The third-order valence-electron chi connectivity index (χ3n) is 3.60. The van der Waals surface area contributed by atoms with Crippen molar-refractivity contribution in [3.05, 3.63) is 24.0 Å². The summed E-state index contributed by atoms with van der Waals surface area (Å²) < 4.78 is 41.0. The Bertz CT molecular complexity index is 480. The molecule has 2 heterocycles. The molecule has 1 atom stereocenters. The first-order valence-corrected chi connectivity index (χ1v) is 6.80. The van der Waals surface area contributed by atoms with Crippen LogP contribution in [0.25, 0.3) is 0 Å². The molecule has 1 aromatic heterocycles. The van der Waals surface area contributed by atoms with Gasteiger partial charge in [0.1, 0.15) is 11.7 Å². The molecule has 0 bridgehead atoms. The number of aryl methyl sites for hydroxylation is 1. The number of piperazine rings is 1. The Balaban J connectivity index is 1.99. The molecule has 1 unspecified atom stereocenters. The number of carbonyl (C=O) groups excluding carboxylic acids is 1. The molecule has 2 rings (SSSR count). The summed E-state index contributed by atoms with van der Waals surface area (Å²) in [5.74, 6) is -0.494. The molecule has 0 aliphatic carbocycles. The van der Waals surface area contributed by atoms with Gasteiger partial charge in [-0.05, 0) is 12.1 Å². The molecular formula is C13H19F3N4O. The molecule has 1 aliphatic heterocycles. The van der Waals surface area contributed by atoms with Gasteiger partial charge in [-0.3, -0.25) is 9.69 Å². The predicted molar refractivity (Wildman–Crippen MR) is 72.0 cm³/mol. The van der Waals surface area contributed by atoms with Gasteiger partial charge in [-0.1, -0.05) is 0 Å². The average Bonchev–Trinajstić information content (AvgIpc) is 2.85. The topological polar surface area (TPSA) is 49.3 Å². The van der Waals surface area contributed by atoms with E-state index in [0.717, 1.165) is 0 Å². The zero-order valence-corrected chi connectivity index (χ0v) is 11.8. The SMILES string of the molecule is Cn1cccc1C(=O)NCC(N1CCNCC1)C(F)(F)F. The minimum Gasteiger partial charge on any atom is -0.349 e. The average molecular weight is 304 g/mol. The molecule has 0 saturated carbocycles. The van der Waals surface area contributed by atoms with E-state index in [2.05, 4.69) is 10.6 Å². The fraction of sp³-hybridized carbons (Fsp3) is 0.615. The number of hydrogen-bond donors (Lipinski definition) is 2. The third kappa shape index (κ3) is 3.98. The molecule has 118 valence electrons. The van der Waals surface area contributed by atoms with Crippen molar-refractivity contribution in [1.29, 1.82) is 0 Å². The summed E-state index contributed by atoms with van der Waals surface area (Å²) in [6.45, 7) is 1.26. The molecule has 1 amide bonds. The summed E-state index contributed by atoms with van der Waals surface area (Å²) in [6, 6.07) is 1.60. The monoisotopic (exact) mass is 304 g/mol. The van der Waals surface area contributed by atoms with E-state index in [-0.39, 0.29) is 0 Å². The van der Waals surface area contributed by atoms with Crippen molar-refractivity contribution in [2.24, 2.45) is 7.05 Å². The summed E-state index contributed by atoms with van der Waals surface area (Å²) in [7, 11) is 1.67. The first-order valence-electron chi connectivity index (χ1n) is 6.80. The molecule has 1 aliphatic rings. The summed E-state index contributed by atoms with van der Waals surface area (Å²) in [4.78, 5) is 13.3. The molecule has 0 spiro atoms. The zero-order valence-electron chi connectivity index (χ0n) is 11.8. The van der Waals surface area contributed by atoms with Gasteiger partial charge >= 0.3 is 6.18 Å². The molecule has 5 nitrogen and oxygen atoms in total. The van der Waals surface area contributed by atoms with Gasteiger partial charge in [-0.15, -0.1) is 0 Å². The molecule has 21 heavy (non-hydrogen) atoms. The van der Waals surface area contributed by atoms with E-state index in [1.165, 1.54) is 4.90 Å². The van der Waals surface area contributed by atoms with Crippen LogP contribution in [0.3, 0.4) is 0 Å². The van der Waals surface area contributed by atoms with Crippen LogP contribution >= 0.6 is 0 Å². The lowest BCUT2D eigenvalue weighted by Gasteiger charge is -2.35. The summed E-state index contributed by atoms with van der Waals surface area (Å²) in [5.41, 5.74) is 0.344. The van der Waals surface area contributed by atoms with Gasteiger partial charge in [0.25, 0.3) is 5.91 Å². The molecule has 0 radical (unpaired) electrons. The molecule has 1 aromatic rings. The van der Waals surface area contributed by atoms with Crippen LogP contribution in [0.1, 0.15) is 10.5 Å². The quantitative estimate of drug-likeness (QED) is 0.856. The Hall–Kier alpha value is -1.54. The van der Waals surface area contributed by atoms with Crippen LogP contribution in [0.15, 0.2) is 18.3 Å². The zero-order chi connectivity index (χ0) is 15.5. The summed E-state index contributed by atoms with van der Waals surface area (Å²) >= 11 is 0. The van der Waals surface area contributed by atoms with Crippen molar-refractivity contribution in [2.75, 3.05) is 32.7 Å². The lowest BCUT2D eigenvalue weighted by atomic mass is 10.2. The van der Waals surface area contributed by atoms with Crippen LogP contribution in [0, 0.1) is 0 Å². The second-order valence-electron chi connectivity index (χ2n) is 5.06. The Labute approximate surface area is 121 Å². The van der Waals surface area contributed by atoms with E-state index in [1.54, 1.807) is 29.9 Å². The lowest BCUT2D eigenvalue weighted by molar-refractivity contribution is -0.183. The van der Waals surface area contributed by atoms with Crippen molar-refractivity contribution in [3.63, 3.8) is 0 Å². The van der Waals surface area contributed by atoms with Gasteiger partial charge in [0.15, 0.2) is 0 Å².